The first-order chi connectivity index (χ1) is 11.0. The number of amides is 1. The quantitative estimate of drug-likeness (QED) is 0.810. The normalized spacial score (nSPS) is 22.2. The Kier molecular flexibility index (Phi) is 6.81. The summed E-state index contributed by atoms with van der Waals surface area (Å²) >= 11 is 7.58. The average Bonchev–Trinajstić information content (AvgIpc) is 3.09. The molecule has 2 aliphatic rings. The van der Waals surface area contributed by atoms with Crippen LogP contribution >= 0.6 is 35.8 Å². The molecule has 2 saturated heterocycles. The molecule has 0 bridgehead atoms. The van der Waals surface area contributed by atoms with Crippen LogP contribution in [0.15, 0.2) is 29.2 Å². The van der Waals surface area contributed by atoms with Crippen molar-refractivity contribution in [3.05, 3.63) is 29.3 Å². The van der Waals surface area contributed by atoms with Crippen LogP contribution in [0.2, 0.25) is 5.02 Å². The summed E-state index contributed by atoms with van der Waals surface area (Å²) in [5, 5.41) is 3.55. The van der Waals surface area contributed by atoms with Crippen LogP contribution < -0.4 is 5.32 Å². The van der Waals surface area contributed by atoms with Gasteiger partial charge in [0, 0.05) is 42.8 Å². The van der Waals surface area contributed by atoms with Gasteiger partial charge in [-0.2, -0.15) is 4.31 Å². The standard InChI is InChI=1S/C14H18ClN3O3S2.ClH/c15-11-2-1-3-12(8-11)23(20,21)18-6-4-17(5-7-18)14(19)13-9-22-10-16-13;/h1-3,8,13,16H,4-7,9-10H2;1H. The van der Waals surface area contributed by atoms with Crippen LogP contribution in [-0.4, -0.2) is 67.4 Å². The van der Waals surface area contributed by atoms with E-state index in [-0.39, 0.29) is 29.3 Å². The zero-order valence-electron chi connectivity index (χ0n) is 12.9. The van der Waals surface area contributed by atoms with E-state index >= 15 is 0 Å². The number of thioether (sulfide) groups is 1. The second-order valence-electron chi connectivity index (χ2n) is 5.46. The van der Waals surface area contributed by atoms with Crippen molar-refractivity contribution in [1.82, 2.24) is 14.5 Å². The number of sulfonamides is 1. The molecule has 1 aromatic carbocycles. The fourth-order valence-corrected chi connectivity index (χ4v) is 5.36. The fourth-order valence-electron chi connectivity index (χ4n) is 2.70. The van der Waals surface area contributed by atoms with Crippen LogP contribution in [0.4, 0.5) is 0 Å². The van der Waals surface area contributed by atoms with Crippen molar-refractivity contribution in [1.29, 1.82) is 0 Å². The third kappa shape index (κ3) is 4.17. The maximum atomic E-state index is 12.6. The summed E-state index contributed by atoms with van der Waals surface area (Å²) in [7, 11) is -3.56. The molecular weight excluding hydrogens is 393 g/mol. The number of carbonyl (C=O) groups is 1. The first-order valence-corrected chi connectivity index (χ1v) is 10.3. The van der Waals surface area contributed by atoms with Crippen LogP contribution in [0.1, 0.15) is 0 Å². The maximum Gasteiger partial charge on any atom is 0.243 e. The van der Waals surface area contributed by atoms with Gasteiger partial charge < -0.3 is 4.90 Å². The Hall–Kier alpha value is -0.510. The highest BCUT2D eigenvalue weighted by molar-refractivity contribution is 7.99. The number of nitrogens with zero attached hydrogens (tertiary/aromatic N) is 2. The average molecular weight is 412 g/mol. The molecule has 0 aliphatic carbocycles. The van der Waals surface area contributed by atoms with Crippen LogP contribution in [0.3, 0.4) is 0 Å². The molecule has 3 rings (SSSR count). The molecule has 2 aliphatic heterocycles. The molecular formula is C14H19Cl2N3O3S2. The van der Waals surface area contributed by atoms with Gasteiger partial charge in [0.25, 0.3) is 0 Å². The minimum absolute atomic E-state index is 0. The van der Waals surface area contributed by atoms with Gasteiger partial charge in [0.15, 0.2) is 0 Å². The molecule has 6 nitrogen and oxygen atoms in total. The molecule has 0 saturated carbocycles. The van der Waals surface area contributed by atoms with Gasteiger partial charge in [0.2, 0.25) is 15.9 Å². The summed E-state index contributed by atoms with van der Waals surface area (Å²) in [4.78, 5) is 14.3. The first kappa shape index (κ1) is 19.8. The fraction of sp³-hybridized carbons (Fsp3) is 0.500. The van der Waals surface area contributed by atoms with Crippen LogP contribution in [0.5, 0.6) is 0 Å². The molecule has 0 aromatic heterocycles. The molecule has 1 N–H and O–H groups in total. The van der Waals surface area contributed by atoms with Crippen molar-refractivity contribution in [2.75, 3.05) is 37.8 Å². The lowest BCUT2D eigenvalue weighted by molar-refractivity contribution is -0.133. The second kappa shape index (κ2) is 8.25. The molecule has 2 fully saturated rings. The molecule has 10 heteroatoms. The van der Waals surface area contributed by atoms with E-state index in [0.29, 0.717) is 31.2 Å². The predicted molar refractivity (Wildman–Crippen MR) is 98.3 cm³/mol. The topological polar surface area (TPSA) is 69.7 Å². The summed E-state index contributed by atoms with van der Waals surface area (Å²) in [5.41, 5.74) is 0. The summed E-state index contributed by atoms with van der Waals surface area (Å²) in [6, 6.07) is 6.12. The van der Waals surface area contributed by atoms with E-state index in [1.54, 1.807) is 34.9 Å². The highest BCUT2D eigenvalue weighted by atomic mass is 35.5. The van der Waals surface area contributed by atoms with E-state index < -0.39 is 10.0 Å². The molecule has 0 radical (unpaired) electrons. The molecule has 1 amide bonds. The molecule has 1 unspecified atom stereocenters. The van der Waals surface area contributed by atoms with Crippen LogP contribution in [0.25, 0.3) is 0 Å². The second-order valence-corrected chi connectivity index (χ2v) is 8.86. The first-order valence-electron chi connectivity index (χ1n) is 7.34. The van der Waals surface area contributed by atoms with Gasteiger partial charge >= 0.3 is 0 Å². The maximum absolute atomic E-state index is 12.6. The Labute approximate surface area is 157 Å². The van der Waals surface area contributed by atoms with Crippen molar-refractivity contribution in [2.24, 2.45) is 0 Å². The predicted octanol–water partition coefficient (Wildman–Crippen LogP) is 1.26. The molecule has 1 atom stereocenters. The SMILES string of the molecule is Cl.O=C(C1CSCN1)N1CCN(S(=O)(=O)c2cccc(Cl)c2)CC1. The minimum atomic E-state index is -3.56. The highest BCUT2D eigenvalue weighted by Crippen LogP contribution is 2.21. The highest BCUT2D eigenvalue weighted by Gasteiger charge is 2.33. The van der Waals surface area contributed by atoms with Gasteiger partial charge in [-0.1, -0.05) is 17.7 Å². The summed E-state index contributed by atoms with van der Waals surface area (Å²) in [6.45, 7) is 1.45. The molecule has 0 spiro atoms. The lowest BCUT2D eigenvalue weighted by Gasteiger charge is -2.35. The Morgan fingerprint density at radius 3 is 2.54 bits per heavy atom. The summed E-state index contributed by atoms with van der Waals surface area (Å²) in [6.07, 6.45) is 0. The van der Waals surface area contributed by atoms with E-state index in [0.717, 1.165) is 11.6 Å². The minimum Gasteiger partial charge on any atom is -0.339 e. The van der Waals surface area contributed by atoms with Crippen molar-refractivity contribution in [3.8, 4) is 0 Å². The third-order valence-electron chi connectivity index (χ3n) is 4.00. The van der Waals surface area contributed by atoms with Gasteiger partial charge in [0.05, 0.1) is 10.9 Å². The molecule has 24 heavy (non-hydrogen) atoms. The summed E-state index contributed by atoms with van der Waals surface area (Å²) in [5.74, 6) is 1.63. The van der Waals surface area contributed by atoms with Crippen molar-refractivity contribution in [2.45, 2.75) is 10.9 Å². The van der Waals surface area contributed by atoms with E-state index in [4.69, 9.17) is 11.6 Å². The van der Waals surface area contributed by atoms with Gasteiger partial charge in [0.1, 0.15) is 0 Å². The van der Waals surface area contributed by atoms with E-state index in [1.165, 1.54) is 10.4 Å². The number of hydrogen-bond acceptors (Lipinski definition) is 5. The number of rotatable bonds is 3. The van der Waals surface area contributed by atoms with E-state index in [9.17, 15) is 13.2 Å². The van der Waals surface area contributed by atoms with Crippen molar-refractivity contribution >= 4 is 51.7 Å². The van der Waals surface area contributed by atoms with Gasteiger partial charge in [-0.3, -0.25) is 10.1 Å². The van der Waals surface area contributed by atoms with E-state index in [2.05, 4.69) is 5.32 Å². The number of carbonyl (C=O) groups excluding carboxylic acids is 1. The molecule has 134 valence electrons. The third-order valence-corrected chi connectivity index (χ3v) is 7.07. The lowest BCUT2D eigenvalue weighted by Crippen LogP contribution is -2.54. The Morgan fingerprint density at radius 1 is 1.25 bits per heavy atom. The zero-order chi connectivity index (χ0) is 16.4. The number of nitrogens with one attached hydrogen (secondary N) is 1. The Morgan fingerprint density at radius 2 is 1.96 bits per heavy atom. The van der Waals surface area contributed by atoms with E-state index in [1.807, 2.05) is 0 Å². The Bertz CT molecular complexity index is 688. The zero-order valence-corrected chi connectivity index (χ0v) is 16.1. The van der Waals surface area contributed by atoms with Crippen molar-refractivity contribution in [3.63, 3.8) is 0 Å². The molecule has 1 aromatic rings. The van der Waals surface area contributed by atoms with Crippen LogP contribution in [0, 0.1) is 0 Å². The van der Waals surface area contributed by atoms with Crippen LogP contribution in [-0.2, 0) is 14.8 Å². The number of halogens is 2. The lowest BCUT2D eigenvalue weighted by atomic mass is 10.2. The molecule has 2 heterocycles. The van der Waals surface area contributed by atoms with Crippen molar-refractivity contribution < 1.29 is 13.2 Å². The number of hydrogen-bond donors (Lipinski definition) is 1. The smallest absolute Gasteiger partial charge is 0.243 e. The van der Waals surface area contributed by atoms with Gasteiger partial charge in [-0.05, 0) is 18.2 Å². The number of benzene rings is 1. The monoisotopic (exact) mass is 411 g/mol. The largest absolute Gasteiger partial charge is 0.339 e. The Balaban J connectivity index is 0.00000208. The summed E-state index contributed by atoms with van der Waals surface area (Å²) < 4.78 is 26.7. The van der Waals surface area contributed by atoms with Gasteiger partial charge in [-0.15, -0.1) is 24.2 Å². The van der Waals surface area contributed by atoms with Gasteiger partial charge in [-0.25, -0.2) is 8.42 Å². The number of piperazine rings is 1.